The molecule has 0 N–H and O–H groups in total. The molecule has 5 aromatic carbocycles. The van der Waals surface area contributed by atoms with Gasteiger partial charge in [-0.3, -0.25) is 9.36 Å². The number of ether oxygens (including phenoxy) is 4. The number of hydrogen-bond donors (Lipinski definition) is 0. The topological polar surface area (TPSA) is 112 Å². The van der Waals surface area contributed by atoms with Crippen LogP contribution in [0.3, 0.4) is 0 Å². The molecule has 7 rings (SSSR count). The fourth-order valence-electron chi connectivity index (χ4n) is 6.40. The summed E-state index contributed by atoms with van der Waals surface area (Å²) in [5, 5.41) is 11.2. The van der Waals surface area contributed by atoms with Crippen molar-refractivity contribution < 1.29 is 23.7 Å². The fraction of sp³-hybridized carbons (Fsp3) is 0.143. The van der Waals surface area contributed by atoms with Gasteiger partial charge in [0.1, 0.15) is 18.4 Å². The van der Waals surface area contributed by atoms with Crippen LogP contribution in [0, 0.1) is 11.3 Å². The van der Waals surface area contributed by atoms with Gasteiger partial charge in [-0.15, -0.1) is 0 Å². The van der Waals surface area contributed by atoms with Crippen LogP contribution < -0.4 is 29.1 Å². The highest BCUT2D eigenvalue weighted by atomic mass is 32.1. The Bertz CT molecular complexity index is 2580. The maximum atomic E-state index is 14.6. The first-order valence-corrected chi connectivity index (χ1v) is 17.4. The zero-order valence-electron chi connectivity index (χ0n) is 28.7. The van der Waals surface area contributed by atoms with Crippen LogP contribution in [0.15, 0.2) is 125 Å². The van der Waals surface area contributed by atoms with Crippen molar-refractivity contribution >= 4 is 39.9 Å². The Morgan fingerprint density at radius 1 is 0.904 bits per heavy atom. The second-order valence-corrected chi connectivity index (χ2v) is 12.8. The molecule has 0 fully saturated rings. The lowest BCUT2D eigenvalue weighted by Gasteiger charge is -2.28. The number of methoxy groups -OCH3 is 2. The average molecular weight is 708 g/mol. The van der Waals surface area contributed by atoms with Gasteiger partial charge in [0.25, 0.3) is 5.56 Å². The largest absolute Gasteiger partial charge is 0.496 e. The molecule has 6 aromatic rings. The van der Waals surface area contributed by atoms with Gasteiger partial charge in [-0.25, -0.2) is 9.79 Å². The molecule has 52 heavy (non-hydrogen) atoms. The molecule has 0 radical (unpaired) electrons. The third kappa shape index (κ3) is 6.34. The predicted octanol–water partition coefficient (Wildman–Crippen LogP) is 6.56. The lowest BCUT2D eigenvalue weighted by molar-refractivity contribution is -0.138. The van der Waals surface area contributed by atoms with E-state index in [-0.39, 0.29) is 24.3 Å². The summed E-state index contributed by atoms with van der Waals surface area (Å²) in [6.45, 7) is 2.07. The third-order valence-corrected chi connectivity index (χ3v) is 9.79. The number of rotatable bonds is 10. The molecular weight excluding hydrogens is 675 g/mol. The maximum Gasteiger partial charge on any atom is 0.338 e. The summed E-state index contributed by atoms with van der Waals surface area (Å²) in [5.74, 6) is 0.901. The van der Waals surface area contributed by atoms with Crippen molar-refractivity contribution in [2.24, 2.45) is 4.99 Å². The van der Waals surface area contributed by atoms with Gasteiger partial charge in [0.05, 0.1) is 48.3 Å². The Balaban J connectivity index is 1.41. The van der Waals surface area contributed by atoms with E-state index in [9.17, 15) is 14.9 Å². The van der Waals surface area contributed by atoms with Crippen molar-refractivity contribution in [3.63, 3.8) is 0 Å². The molecule has 1 aromatic heterocycles. The summed E-state index contributed by atoms with van der Waals surface area (Å²) in [4.78, 5) is 34.1. The molecule has 0 saturated heterocycles. The van der Waals surface area contributed by atoms with E-state index in [0.717, 1.165) is 16.3 Å². The van der Waals surface area contributed by atoms with E-state index in [4.69, 9.17) is 23.9 Å². The Hall–Kier alpha value is -6.44. The fourth-order valence-corrected chi connectivity index (χ4v) is 7.41. The van der Waals surface area contributed by atoms with E-state index in [1.807, 2.05) is 91.0 Å². The first-order valence-electron chi connectivity index (χ1n) is 16.6. The van der Waals surface area contributed by atoms with E-state index < -0.39 is 12.0 Å². The monoisotopic (exact) mass is 707 g/mol. The van der Waals surface area contributed by atoms with Crippen LogP contribution in [-0.4, -0.2) is 31.4 Å². The molecule has 0 saturated carbocycles. The molecule has 1 aliphatic heterocycles. The molecule has 0 bridgehead atoms. The number of fused-ring (bicyclic) bond motifs is 2. The Labute approximate surface area is 303 Å². The minimum atomic E-state index is -0.921. The van der Waals surface area contributed by atoms with Crippen LogP contribution >= 0.6 is 11.3 Å². The summed E-state index contributed by atoms with van der Waals surface area (Å²) in [5.41, 5.74) is 3.69. The third-order valence-electron chi connectivity index (χ3n) is 8.80. The molecule has 0 amide bonds. The molecular formula is C42H33N3O6S. The molecule has 258 valence electrons. The Kier molecular flexibility index (Phi) is 9.69. The number of hydrogen-bond acceptors (Lipinski definition) is 9. The van der Waals surface area contributed by atoms with Crippen molar-refractivity contribution in [3.8, 4) is 23.3 Å². The standard InChI is InChI=1S/C42H33N3O6S/c1-4-50-41(47)37-38(28-13-6-5-7-14-28)44-42-45(39(37)36-31-17-11-10-12-27(31)19-21-33(36)48-2)40(46)35(52-42)23-26-18-20-32(34(22-26)49-3)51-25-30-16-9-8-15-29(30)24-43/h5-23,39H,4,25H2,1-3H3/b35-23+/t39-/m1/s1. The zero-order chi connectivity index (χ0) is 36.2. The van der Waals surface area contributed by atoms with Crippen molar-refractivity contribution in [1.29, 1.82) is 5.26 Å². The second kappa shape index (κ2) is 14.8. The second-order valence-electron chi connectivity index (χ2n) is 11.8. The molecule has 9 nitrogen and oxygen atoms in total. The van der Waals surface area contributed by atoms with Crippen LogP contribution in [0.2, 0.25) is 0 Å². The average Bonchev–Trinajstić information content (AvgIpc) is 3.50. The molecule has 0 aliphatic carbocycles. The van der Waals surface area contributed by atoms with Crippen LogP contribution in [0.1, 0.15) is 40.8 Å². The van der Waals surface area contributed by atoms with Crippen LogP contribution in [-0.2, 0) is 16.1 Å². The zero-order valence-corrected chi connectivity index (χ0v) is 29.5. The molecule has 2 heterocycles. The minimum Gasteiger partial charge on any atom is -0.496 e. The molecule has 1 atom stereocenters. The van der Waals surface area contributed by atoms with Crippen molar-refractivity contribution in [1.82, 2.24) is 4.57 Å². The van der Waals surface area contributed by atoms with Gasteiger partial charge in [0.2, 0.25) is 0 Å². The Morgan fingerprint density at radius 2 is 1.63 bits per heavy atom. The molecule has 0 unspecified atom stereocenters. The summed E-state index contributed by atoms with van der Waals surface area (Å²) in [6, 6.07) is 35.0. The van der Waals surface area contributed by atoms with Crippen molar-refractivity contribution in [3.05, 3.63) is 162 Å². The summed E-state index contributed by atoms with van der Waals surface area (Å²) in [7, 11) is 3.12. The van der Waals surface area contributed by atoms with Gasteiger partial charge >= 0.3 is 5.97 Å². The number of carbonyl (C=O) groups is 1. The van der Waals surface area contributed by atoms with Gasteiger partial charge < -0.3 is 18.9 Å². The summed E-state index contributed by atoms with van der Waals surface area (Å²) >= 11 is 1.23. The van der Waals surface area contributed by atoms with Gasteiger partial charge in [-0.05, 0) is 53.6 Å². The maximum absolute atomic E-state index is 14.6. The molecule has 0 spiro atoms. The normalized spacial score (nSPS) is 14.0. The number of thiazole rings is 1. The van der Waals surface area contributed by atoms with E-state index in [0.29, 0.717) is 54.5 Å². The highest BCUT2D eigenvalue weighted by molar-refractivity contribution is 7.07. The van der Waals surface area contributed by atoms with Crippen LogP contribution in [0.4, 0.5) is 0 Å². The van der Waals surface area contributed by atoms with E-state index in [1.54, 1.807) is 50.0 Å². The highest BCUT2D eigenvalue weighted by Crippen LogP contribution is 2.42. The lowest BCUT2D eigenvalue weighted by Crippen LogP contribution is -2.40. The first kappa shape index (κ1) is 34.0. The van der Waals surface area contributed by atoms with Crippen molar-refractivity contribution in [2.45, 2.75) is 19.6 Å². The number of benzene rings is 5. The minimum absolute atomic E-state index is 0.139. The van der Waals surface area contributed by atoms with E-state index >= 15 is 0 Å². The SMILES string of the molecule is CCOC(=O)C1=C(c2ccccc2)N=c2s/c(=C/c3ccc(OCc4ccccc4C#N)c(OC)c3)c(=O)n2[C@@H]1c1c(OC)ccc2ccccc12. The Morgan fingerprint density at radius 3 is 2.40 bits per heavy atom. The van der Waals surface area contributed by atoms with Gasteiger partial charge in [-0.2, -0.15) is 5.26 Å². The number of aromatic nitrogens is 1. The number of esters is 1. The number of nitriles is 1. The van der Waals surface area contributed by atoms with Gasteiger partial charge in [0.15, 0.2) is 16.3 Å². The van der Waals surface area contributed by atoms with Crippen LogP contribution in [0.25, 0.3) is 22.5 Å². The first-order chi connectivity index (χ1) is 25.4. The predicted molar refractivity (Wildman–Crippen MR) is 200 cm³/mol. The van der Waals surface area contributed by atoms with Gasteiger partial charge in [-0.1, -0.05) is 96.3 Å². The molecule has 10 heteroatoms. The highest BCUT2D eigenvalue weighted by Gasteiger charge is 2.37. The quantitative estimate of drug-likeness (QED) is 0.148. The van der Waals surface area contributed by atoms with Crippen LogP contribution in [0.5, 0.6) is 17.2 Å². The number of carbonyl (C=O) groups excluding carboxylic acids is 1. The van der Waals surface area contributed by atoms with Gasteiger partial charge in [0, 0.05) is 16.7 Å². The smallest absolute Gasteiger partial charge is 0.338 e. The number of nitrogens with zero attached hydrogens (tertiary/aromatic N) is 3. The summed E-state index contributed by atoms with van der Waals surface area (Å²) in [6.07, 6.45) is 1.77. The molecule has 1 aliphatic rings. The van der Waals surface area contributed by atoms with Crippen molar-refractivity contribution in [2.75, 3.05) is 20.8 Å². The lowest BCUT2D eigenvalue weighted by atomic mass is 9.89. The summed E-state index contributed by atoms with van der Waals surface area (Å²) < 4.78 is 25.3. The van der Waals surface area contributed by atoms with E-state index in [1.165, 1.54) is 11.3 Å². The van der Waals surface area contributed by atoms with E-state index in [2.05, 4.69) is 6.07 Å².